The molecule has 0 aliphatic carbocycles. The van der Waals surface area contributed by atoms with E-state index in [4.69, 9.17) is 4.74 Å². The number of nitrogens with zero attached hydrogens (tertiary/aromatic N) is 1. The fourth-order valence-corrected chi connectivity index (χ4v) is 1.41. The van der Waals surface area contributed by atoms with Crippen molar-refractivity contribution in [2.45, 2.75) is 13.3 Å². The van der Waals surface area contributed by atoms with Gasteiger partial charge in [0.15, 0.2) is 0 Å². The average molecular weight is 292 g/mol. The molecule has 0 atom stereocenters. The van der Waals surface area contributed by atoms with Crippen LogP contribution < -0.4 is 5.43 Å². The van der Waals surface area contributed by atoms with Crippen molar-refractivity contribution >= 4 is 29.6 Å². The van der Waals surface area contributed by atoms with E-state index in [1.54, 1.807) is 24.3 Å². The summed E-state index contributed by atoms with van der Waals surface area (Å²) in [5.41, 5.74) is 3.46. The number of hydrogen-bond donors (Lipinski definition) is 1. The molecule has 1 aromatic rings. The minimum atomic E-state index is -0.607. The van der Waals surface area contributed by atoms with Crippen molar-refractivity contribution in [1.82, 2.24) is 0 Å². The number of ketones is 1. The molecule has 0 aromatic heterocycles. The number of nitrogens with one attached hydrogen (secondary N) is 1. The number of esters is 2. The van der Waals surface area contributed by atoms with Gasteiger partial charge in [0.1, 0.15) is 18.8 Å². The first-order valence-electron chi connectivity index (χ1n) is 6.14. The van der Waals surface area contributed by atoms with E-state index in [0.717, 1.165) is 0 Å². The summed E-state index contributed by atoms with van der Waals surface area (Å²) in [4.78, 5) is 33.2. The highest BCUT2D eigenvalue weighted by atomic mass is 16.5. The molecule has 7 nitrogen and oxygen atoms in total. The van der Waals surface area contributed by atoms with Crippen LogP contribution in [0.15, 0.2) is 29.4 Å². The second-order valence-corrected chi connectivity index (χ2v) is 4.02. The maximum Gasteiger partial charge on any atom is 0.340 e. The topological polar surface area (TPSA) is 94.1 Å². The van der Waals surface area contributed by atoms with E-state index in [9.17, 15) is 14.4 Å². The van der Waals surface area contributed by atoms with E-state index in [-0.39, 0.29) is 18.8 Å². The predicted molar refractivity (Wildman–Crippen MR) is 76.2 cm³/mol. The Morgan fingerprint density at radius 3 is 2.67 bits per heavy atom. The number of rotatable bonds is 7. The van der Waals surface area contributed by atoms with Crippen molar-refractivity contribution in [1.29, 1.82) is 0 Å². The average Bonchev–Trinajstić information content (AvgIpc) is 2.45. The molecule has 7 heteroatoms. The molecule has 0 radical (unpaired) electrons. The van der Waals surface area contributed by atoms with Crippen LogP contribution in [0.25, 0.3) is 0 Å². The van der Waals surface area contributed by atoms with Crippen molar-refractivity contribution in [2.75, 3.05) is 19.1 Å². The molecule has 0 unspecified atom stereocenters. The van der Waals surface area contributed by atoms with Crippen LogP contribution in [0.2, 0.25) is 0 Å². The number of hydrogen-bond acceptors (Lipinski definition) is 7. The standard InChI is InChI=1S/C14H16N2O5/c1-10(17)9-13(18)21-8-7-15-16-12-6-4-3-5-11(12)14(19)20-2/h3-7,16H,8-9H2,1-2H3. The van der Waals surface area contributed by atoms with Gasteiger partial charge >= 0.3 is 11.9 Å². The smallest absolute Gasteiger partial charge is 0.340 e. The van der Waals surface area contributed by atoms with E-state index in [0.29, 0.717) is 11.3 Å². The van der Waals surface area contributed by atoms with Gasteiger partial charge in [0.25, 0.3) is 0 Å². The zero-order valence-electron chi connectivity index (χ0n) is 11.8. The highest BCUT2D eigenvalue weighted by molar-refractivity contribution is 5.95. The Morgan fingerprint density at radius 1 is 1.29 bits per heavy atom. The third-order valence-electron chi connectivity index (χ3n) is 2.32. The van der Waals surface area contributed by atoms with Crippen LogP contribution in [0.4, 0.5) is 5.69 Å². The molecule has 0 spiro atoms. The Labute approximate surface area is 121 Å². The van der Waals surface area contributed by atoms with Crippen LogP contribution in [-0.2, 0) is 19.1 Å². The van der Waals surface area contributed by atoms with Gasteiger partial charge in [-0.3, -0.25) is 15.0 Å². The number of carbonyl (C=O) groups excluding carboxylic acids is 3. The number of carbonyl (C=O) groups is 3. The molecule has 0 saturated heterocycles. The van der Waals surface area contributed by atoms with Crippen LogP contribution >= 0.6 is 0 Å². The molecule has 0 bridgehead atoms. The molecule has 112 valence electrons. The lowest BCUT2D eigenvalue weighted by Crippen LogP contribution is -2.11. The number of benzene rings is 1. The number of hydrazone groups is 1. The highest BCUT2D eigenvalue weighted by Crippen LogP contribution is 2.15. The second kappa shape index (κ2) is 8.47. The van der Waals surface area contributed by atoms with Gasteiger partial charge < -0.3 is 9.47 Å². The largest absolute Gasteiger partial charge is 0.465 e. The van der Waals surface area contributed by atoms with Gasteiger partial charge in [-0.25, -0.2) is 4.79 Å². The van der Waals surface area contributed by atoms with Gasteiger partial charge in [0.2, 0.25) is 0 Å². The summed E-state index contributed by atoms with van der Waals surface area (Å²) in [5, 5.41) is 3.83. The Bertz CT molecular complexity index is 554. The Kier molecular flexibility index (Phi) is 6.59. The maximum absolute atomic E-state index is 11.5. The molecular formula is C14H16N2O5. The number of methoxy groups -OCH3 is 1. The normalized spacial score (nSPS) is 10.2. The molecular weight excluding hydrogens is 276 g/mol. The Balaban J connectivity index is 2.48. The van der Waals surface area contributed by atoms with Crippen molar-refractivity contribution in [3.8, 4) is 0 Å². The van der Waals surface area contributed by atoms with Gasteiger partial charge in [0, 0.05) is 0 Å². The van der Waals surface area contributed by atoms with Crippen molar-refractivity contribution in [3.05, 3.63) is 29.8 Å². The Hall–Kier alpha value is -2.70. The SMILES string of the molecule is COC(=O)c1ccccc1NN=CCOC(=O)CC(C)=O. The van der Waals surface area contributed by atoms with Crippen molar-refractivity contribution < 1.29 is 23.9 Å². The first-order valence-corrected chi connectivity index (χ1v) is 6.14. The van der Waals surface area contributed by atoms with E-state index in [1.165, 1.54) is 20.2 Å². The monoisotopic (exact) mass is 292 g/mol. The lowest BCUT2D eigenvalue weighted by atomic mass is 10.2. The lowest BCUT2D eigenvalue weighted by Gasteiger charge is -2.06. The van der Waals surface area contributed by atoms with Crippen molar-refractivity contribution in [3.63, 3.8) is 0 Å². The number of ether oxygens (including phenoxy) is 2. The zero-order valence-corrected chi connectivity index (χ0v) is 11.8. The first kappa shape index (κ1) is 16.4. The van der Waals surface area contributed by atoms with Gasteiger partial charge in [-0.1, -0.05) is 12.1 Å². The van der Waals surface area contributed by atoms with E-state index in [1.807, 2.05) is 0 Å². The number of para-hydroxylation sites is 1. The molecule has 0 fully saturated rings. The third-order valence-corrected chi connectivity index (χ3v) is 2.32. The molecule has 0 saturated carbocycles. The van der Waals surface area contributed by atoms with Gasteiger partial charge in [-0.05, 0) is 19.1 Å². The summed E-state index contributed by atoms with van der Waals surface area (Å²) >= 11 is 0. The number of anilines is 1. The molecule has 1 rings (SSSR count). The minimum absolute atomic E-state index is 0.0699. The molecule has 0 heterocycles. The second-order valence-electron chi connectivity index (χ2n) is 4.02. The molecule has 1 N–H and O–H groups in total. The summed E-state index contributed by atoms with van der Waals surface area (Å²) in [6.45, 7) is 1.24. The lowest BCUT2D eigenvalue weighted by molar-refractivity contribution is -0.144. The van der Waals surface area contributed by atoms with Gasteiger partial charge in [0.05, 0.1) is 24.6 Å². The summed E-state index contributed by atoms with van der Waals surface area (Å²) in [7, 11) is 1.29. The van der Waals surface area contributed by atoms with Crippen LogP contribution in [0.3, 0.4) is 0 Å². The summed E-state index contributed by atoms with van der Waals surface area (Å²) in [6, 6.07) is 6.68. The minimum Gasteiger partial charge on any atom is -0.465 e. The summed E-state index contributed by atoms with van der Waals surface area (Å²) in [5.74, 6) is -1.35. The highest BCUT2D eigenvalue weighted by Gasteiger charge is 2.10. The zero-order chi connectivity index (χ0) is 15.7. The first-order chi connectivity index (χ1) is 10.0. The number of Topliss-reactive ketones (excluding diaryl/α,β-unsaturated/α-hetero) is 1. The van der Waals surface area contributed by atoms with Crippen LogP contribution in [0.5, 0.6) is 0 Å². The predicted octanol–water partition coefficient (Wildman–Crippen LogP) is 1.39. The molecule has 0 aliphatic rings. The van der Waals surface area contributed by atoms with E-state index in [2.05, 4.69) is 15.3 Å². The quantitative estimate of drug-likeness (QED) is 0.353. The Morgan fingerprint density at radius 2 is 2.00 bits per heavy atom. The fraction of sp³-hybridized carbons (Fsp3) is 0.286. The molecule has 21 heavy (non-hydrogen) atoms. The fourth-order valence-electron chi connectivity index (χ4n) is 1.41. The van der Waals surface area contributed by atoms with Gasteiger partial charge in [-0.15, -0.1) is 0 Å². The molecule has 1 aromatic carbocycles. The summed E-state index contributed by atoms with van der Waals surface area (Å²) in [6.07, 6.45) is 1.05. The maximum atomic E-state index is 11.5. The molecule has 0 amide bonds. The van der Waals surface area contributed by atoms with Gasteiger partial charge in [-0.2, -0.15) is 5.10 Å². The summed E-state index contributed by atoms with van der Waals surface area (Å²) < 4.78 is 9.39. The van der Waals surface area contributed by atoms with Crippen LogP contribution in [0, 0.1) is 0 Å². The third kappa shape index (κ3) is 5.85. The van der Waals surface area contributed by atoms with Crippen LogP contribution in [0.1, 0.15) is 23.7 Å². The van der Waals surface area contributed by atoms with Crippen LogP contribution in [-0.4, -0.2) is 37.7 Å². The van der Waals surface area contributed by atoms with E-state index >= 15 is 0 Å². The van der Waals surface area contributed by atoms with Crippen molar-refractivity contribution in [2.24, 2.45) is 5.10 Å². The molecule has 0 aliphatic heterocycles. The van der Waals surface area contributed by atoms with E-state index < -0.39 is 11.9 Å².